The lowest BCUT2D eigenvalue weighted by Crippen LogP contribution is -2.62. The molecule has 6 nitrogen and oxygen atoms in total. The molecule has 2 N–H and O–H groups in total. The molecule has 5 rings (SSSR count). The smallest absolute Gasteiger partial charge is 0.254 e. The number of carbonyl (C=O) groups excluding carboxylic acids is 3. The first kappa shape index (κ1) is 21.7. The number of hydrogen-bond donors (Lipinski definition) is 2. The summed E-state index contributed by atoms with van der Waals surface area (Å²) in [7, 11) is 0. The summed E-state index contributed by atoms with van der Waals surface area (Å²) in [5.74, 6) is -0.495. The molecule has 3 amide bonds. The molecule has 0 aromatic heterocycles. The Labute approximate surface area is 194 Å². The topological polar surface area (TPSA) is 78.5 Å². The van der Waals surface area contributed by atoms with Gasteiger partial charge in [-0.1, -0.05) is 43.9 Å². The molecule has 2 aromatic rings. The first-order valence-corrected chi connectivity index (χ1v) is 12.1. The van der Waals surface area contributed by atoms with Crippen molar-refractivity contribution in [2.45, 2.75) is 75.8 Å². The zero-order chi connectivity index (χ0) is 23.0. The van der Waals surface area contributed by atoms with Gasteiger partial charge < -0.3 is 15.5 Å². The van der Waals surface area contributed by atoms with Gasteiger partial charge in [0.25, 0.3) is 5.91 Å². The van der Waals surface area contributed by atoms with Gasteiger partial charge >= 0.3 is 0 Å². The van der Waals surface area contributed by atoms with Gasteiger partial charge in [0.15, 0.2) is 0 Å². The van der Waals surface area contributed by atoms with E-state index in [9.17, 15) is 14.4 Å². The number of amides is 3. The van der Waals surface area contributed by atoms with E-state index in [1.165, 1.54) is 6.92 Å². The van der Waals surface area contributed by atoms with Crippen molar-refractivity contribution in [1.82, 2.24) is 4.90 Å². The molecule has 0 radical (unpaired) electrons. The second-order valence-electron chi connectivity index (χ2n) is 9.69. The summed E-state index contributed by atoms with van der Waals surface area (Å²) in [5, 5.41) is 5.87. The van der Waals surface area contributed by atoms with Crippen molar-refractivity contribution in [3.63, 3.8) is 0 Å². The Kier molecular flexibility index (Phi) is 5.69. The third-order valence-corrected chi connectivity index (χ3v) is 7.63. The maximum atomic E-state index is 13.9. The van der Waals surface area contributed by atoms with Crippen molar-refractivity contribution in [3.05, 3.63) is 59.7 Å². The lowest BCUT2D eigenvalue weighted by molar-refractivity contribution is -0.121. The Balaban J connectivity index is 1.52. The van der Waals surface area contributed by atoms with Crippen LogP contribution in [0.4, 0.5) is 11.4 Å². The van der Waals surface area contributed by atoms with Crippen LogP contribution < -0.4 is 10.6 Å². The Morgan fingerprint density at radius 1 is 0.879 bits per heavy atom. The van der Waals surface area contributed by atoms with Gasteiger partial charge in [0.2, 0.25) is 11.8 Å². The number of carbonyl (C=O) groups is 3. The van der Waals surface area contributed by atoms with Gasteiger partial charge in [-0.05, 0) is 61.6 Å². The average molecular weight is 446 g/mol. The molecule has 172 valence electrons. The van der Waals surface area contributed by atoms with Crippen LogP contribution in [0.25, 0.3) is 0 Å². The SMILES string of the molecule is CC(=O)Nc1ccc(NC(=O)[C@H]2c3ccccc3C(=O)N(C3CCCC3)C23CCCC3)cc1. The van der Waals surface area contributed by atoms with Crippen LogP contribution in [0.1, 0.15) is 80.1 Å². The van der Waals surface area contributed by atoms with Crippen LogP contribution in [-0.4, -0.2) is 34.2 Å². The fraction of sp³-hybridized carbons (Fsp3) is 0.444. The minimum Gasteiger partial charge on any atom is -0.329 e. The number of fused-ring (bicyclic) bond motifs is 1. The molecule has 0 saturated heterocycles. The third-order valence-electron chi connectivity index (χ3n) is 7.63. The van der Waals surface area contributed by atoms with E-state index in [2.05, 4.69) is 15.5 Å². The van der Waals surface area contributed by atoms with Crippen LogP contribution in [0, 0.1) is 0 Å². The molecular formula is C27H31N3O3. The van der Waals surface area contributed by atoms with Crippen molar-refractivity contribution in [3.8, 4) is 0 Å². The van der Waals surface area contributed by atoms with E-state index >= 15 is 0 Å². The highest BCUT2D eigenvalue weighted by molar-refractivity contribution is 6.05. The summed E-state index contributed by atoms with van der Waals surface area (Å²) < 4.78 is 0. The molecule has 1 atom stereocenters. The van der Waals surface area contributed by atoms with Gasteiger partial charge in [-0.25, -0.2) is 0 Å². The van der Waals surface area contributed by atoms with Crippen molar-refractivity contribution in [2.24, 2.45) is 0 Å². The summed E-state index contributed by atoms with van der Waals surface area (Å²) in [4.78, 5) is 41.1. The second kappa shape index (κ2) is 8.65. The zero-order valence-corrected chi connectivity index (χ0v) is 19.1. The lowest BCUT2D eigenvalue weighted by Gasteiger charge is -2.52. The number of nitrogens with one attached hydrogen (secondary N) is 2. The molecule has 0 bridgehead atoms. The predicted molar refractivity (Wildman–Crippen MR) is 128 cm³/mol. The molecule has 1 aliphatic heterocycles. The van der Waals surface area contributed by atoms with Crippen LogP contribution in [-0.2, 0) is 9.59 Å². The fourth-order valence-electron chi connectivity index (χ4n) is 6.35. The molecule has 1 spiro atoms. The van der Waals surface area contributed by atoms with E-state index in [1.54, 1.807) is 24.3 Å². The number of hydrogen-bond acceptors (Lipinski definition) is 3. The molecule has 0 unspecified atom stereocenters. The minimum absolute atomic E-state index is 0.0628. The molecule has 2 aliphatic carbocycles. The first-order valence-electron chi connectivity index (χ1n) is 12.1. The van der Waals surface area contributed by atoms with E-state index in [4.69, 9.17) is 0 Å². The fourth-order valence-corrected chi connectivity index (χ4v) is 6.35. The normalized spacial score (nSPS) is 21.8. The van der Waals surface area contributed by atoms with Gasteiger partial charge in [0.1, 0.15) is 0 Å². The average Bonchev–Trinajstić information content (AvgIpc) is 3.49. The summed E-state index contributed by atoms with van der Waals surface area (Å²) in [6, 6.07) is 15.1. The van der Waals surface area contributed by atoms with Gasteiger partial charge in [-0.15, -0.1) is 0 Å². The second-order valence-corrected chi connectivity index (χ2v) is 9.69. The molecule has 2 aromatic carbocycles. The van der Waals surface area contributed by atoms with E-state index in [1.807, 2.05) is 24.3 Å². The first-order chi connectivity index (χ1) is 16.0. The maximum absolute atomic E-state index is 13.9. The van der Waals surface area contributed by atoms with Crippen LogP contribution in [0.2, 0.25) is 0 Å². The Hall–Kier alpha value is -3.15. The number of nitrogens with zero attached hydrogens (tertiary/aromatic N) is 1. The Morgan fingerprint density at radius 3 is 2.12 bits per heavy atom. The molecule has 3 aliphatic rings. The van der Waals surface area contributed by atoms with Crippen LogP contribution >= 0.6 is 0 Å². The van der Waals surface area contributed by atoms with Crippen molar-refractivity contribution >= 4 is 29.1 Å². The van der Waals surface area contributed by atoms with E-state index in [-0.39, 0.29) is 23.8 Å². The molecule has 6 heteroatoms. The number of anilines is 2. The quantitative estimate of drug-likeness (QED) is 0.689. The standard InChI is InChI=1S/C27H31N3O3/c1-18(31)28-19-12-14-20(15-13-19)29-25(32)24-22-10-4-5-11-23(22)26(33)30(21-8-2-3-9-21)27(24)16-6-7-17-27/h4-5,10-15,21,24H,2-3,6-9,16-17H2,1H3,(H,28,31)(H,29,32)/t24-/m1/s1. The summed E-state index contributed by atoms with van der Waals surface area (Å²) in [5.41, 5.74) is 2.44. The largest absolute Gasteiger partial charge is 0.329 e. The molecule has 1 heterocycles. The summed E-state index contributed by atoms with van der Waals surface area (Å²) in [6.07, 6.45) is 8.13. The zero-order valence-electron chi connectivity index (χ0n) is 19.1. The molecule has 2 saturated carbocycles. The predicted octanol–water partition coefficient (Wildman–Crippen LogP) is 5.08. The summed E-state index contributed by atoms with van der Waals surface area (Å²) in [6.45, 7) is 1.47. The van der Waals surface area contributed by atoms with E-state index in [0.29, 0.717) is 16.9 Å². The highest BCUT2D eigenvalue weighted by Gasteiger charge is 2.57. The molecule has 2 fully saturated rings. The summed E-state index contributed by atoms with van der Waals surface area (Å²) >= 11 is 0. The van der Waals surface area contributed by atoms with E-state index in [0.717, 1.165) is 56.9 Å². The van der Waals surface area contributed by atoms with Gasteiger partial charge in [-0.2, -0.15) is 0 Å². The monoisotopic (exact) mass is 445 g/mol. The number of rotatable bonds is 4. The van der Waals surface area contributed by atoms with Crippen LogP contribution in [0.5, 0.6) is 0 Å². The maximum Gasteiger partial charge on any atom is 0.254 e. The lowest BCUT2D eigenvalue weighted by atomic mass is 9.70. The Bertz CT molecular complexity index is 1070. The van der Waals surface area contributed by atoms with Crippen LogP contribution in [0.3, 0.4) is 0 Å². The van der Waals surface area contributed by atoms with E-state index < -0.39 is 11.5 Å². The Morgan fingerprint density at radius 2 is 1.48 bits per heavy atom. The van der Waals surface area contributed by atoms with Crippen molar-refractivity contribution in [1.29, 1.82) is 0 Å². The molecular weight excluding hydrogens is 414 g/mol. The van der Waals surface area contributed by atoms with Crippen LogP contribution in [0.15, 0.2) is 48.5 Å². The van der Waals surface area contributed by atoms with Crippen molar-refractivity contribution < 1.29 is 14.4 Å². The molecule has 33 heavy (non-hydrogen) atoms. The van der Waals surface area contributed by atoms with Gasteiger partial charge in [0.05, 0.1) is 11.5 Å². The highest BCUT2D eigenvalue weighted by atomic mass is 16.2. The van der Waals surface area contributed by atoms with Gasteiger partial charge in [0, 0.05) is 29.9 Å². The highest BCUT2D eigenvalue weighted by Crippen LogP contribution is 2.52. The third kappa shape index (κ3) is 3.81. The minimum atomic E-state index is -0.458. The van der Waals surface area contributed by atoms with Gasteiger partial charge in [-0.3, -0.25) is 14.4 Å². The number of benzene rings is 2. The van der Waals surface area contributed by atoms with Crippen molar-refractivity contribution in [2.75, 3.05) is 10.6 Å².